The summed E-state index contributed by atoms with van der Waals surface area (Å²) in [5.41, 5.74) is -1.18. The summed E-state index contributed by atoms with van der Waals surface area (Å²) >= 11 is 1.01. The number of hydrogen-bond acceptors (Lipinski definition) is 3. The molecule has 0 bridgehead atoms. The van der Waals surface area contributed by atoms with Crippen molar-refractivity contribution in [3.05, 3.63) is 92.7 Å². The van der Waals surface area contributed by atoms with E-state index < -0.39 is 35.7 Å². The zero-order valence-electron chi connectivity index (χ0n) is 14.5. The van der Waals surface area contributed by atoms with Crippen LogP contribution in [0.1, 0.15) is 44.2 Å². The lowest BCUT2D eigenvalue weighted by Gasteiger charge is -2.13. The maximum absolute atomic E-state index is 12.6. The van der Waals surface area contributed by atoms with Gasteiger partial charge in [-0.05, 0) is 47.5 Å². The molecular formula is C20H14F6O2S. The Morgan fingerprint density at radius 1 is 0.552 bits per heavy atom. The SMILES string of the molecule is O[C@H](c1ccc(C(F)(F)F)cc1)c1ccc([C@@H](O)c2ccc(C(F)(F)F)cc2)s1. The number of thiophene rings is 1. The van der Waals surface area contributed by atoms with Gasteiger partial charge in [-0.2, -0.15) is 26.3 Å². The normalized spacial score (nSPS) is 14.6. The molecule has 1 heterocycles. The van der Waals surface area contributed by atoms with E-state index in [1.807, 2.05) is 0 Å². The van der Waals surface area contributed by atoms with Crippen LogP contribution in [0.4, 0.5) is 26.3 Å². The second kappa shape index (κ2) is 7.81. The molecule has 0 aliphatic carbocycles. The van der Waals surface area contributed by atoms with Gasteiger partial charge in [-0.1, -0.05) is 24.3 Å². The molecule has 0 radical (unpaired) electrons. The molecule has 154 valence electrons. The fraction of sp³-hybridized carbons (Fsp3) is 0.200. The highest BCUT2D eigenvalue weighted by molar-refractivity contribution is 7.12. The van der Waals surface area contributed by atoms with Crippen molar-refractivity contribution in [1.82, 2.24) is 0 Å². The smallest absolute Gasteiger partial charge is 0.383 e. The van der Waals surface area contributed by atoms with E-state index in [0.29, 0.717) is 9.75 Å². The lowest BCUT2D eigenvalue weighted by atomic mass is 10.0. The summed E-state index contributed by atoms with van der Waals surface area (Å²) in [6.45, 7) is 0. The third kappa shape index (κ3) is 4.80. The van der Waals surface area contributed by atoms with Crippen LogP contribution >= 0.6 is 11.3 Å². The number of alkyl halides is 6. The molecule has 2 atom stereocenters. The molecule has 9 heteroatoms. The van der Waals surface area contributed by atoms with Gasteiger partial charge < -0.3 is 10.2 Å². The van der Waals surface area contributed by atoms with Crippen LogP contribution in [0.5, 0.6) is 0 Å². The van der Waals surface area contributed by atoms with Crippen molar-refractivity contribution in [3.8, 4) is 0 Å². The summed E-state index contributed by atoms with van der Waals surface area (Å²) in [7, 11) is 0. The second-order valence-electron chi connectivity index (χ2n) is 6.28. The van der Waals surface area contributed by atoms with Gasteiger partial charge in [-0.3, -0.25) is 0 Å². The largest absolute Gasteiger partial charge is 0.416 e. The monoisotopic (exact) mass is 432 g/mol. The van der Waals surface area contributed by atoms with E-state index in [-0.39, 0.29) is 11.1 Å². The number of rotatable bonds is 4. The average molecular weight is 432 g/mol. The van der Waals surface area contributed by atoms with Gasteiger partial charge in [0.25, 0.3) is 0 Å². The van der Waals surface area contributed by atoms with Gasteiger partial charge in [0.05, 0.1) is 11.1 Å². The quantitative estimate of drug-likeness (QED) is 0.501. The van der Waals surface area contributed by atoms with Gasteiger partial charge in [-0.25, -0.2) is 0 Å². The maximum Gasteiger partial charge on any atom is 0.416 e. The second-order valence-corrected chi connectivity index (χ2v) is 7.43. The van der Waals surface area contributed by atoms with E-state index in [1.165, 1.54) is 36.4 Å². The fourth-order valence-electron chi connectivity index (χ4n) is 2.70. The van der Waals surface area contributed by atoms with E-state index in [0.717, 1.165) is 35.6 Å². The van der Waals surface area contributed by atoms with Gasteiger partial charge in [0.15, 0.2) is 0 Å². The topological polar surface area (TPSA) is 40.5 Å². The molecule has 3 rings (SSSR count). The molecule has 0 spiro atoms. The third-order valence-corrected chi connectivity index (χ3v) is 5.48. The first-order chi connectivity index (χ1) is 13.5. The Morgan fingerprint density at radius 2 is 0.862 bits per heavy atom. The van der Waals surface area contributed by atoms with Crippen LogP contribution in [-0.2, 0) is 12.4 Å². The molecular weight excluding hydrogens is 418 g/mol. The van der Waals surface area contributed by atoms with E-state index in [9.17, 15) is 36.6 Å². The van der Waals surface area contributed by atoms with Gasteiger partial charge in [0.2, 0.25) is 0 Å². The lowest BCUT2D eigenvalue weighted by Crippen LogP contribution is -2.05. The van der Waals surface area contributed by atoms with Crippen molar-refractivity contribution in [3.63, 3.8) is 0 Å². The molecule has 0 saturated heterocycles. The summed E-state index contributed by atoms with van der Waals surface area (Å²) in [6.07, 6.45) is -11.4. The molecule has 0 fully saturated rings. The van der Waals surface area contributed by atoms with E-state index in [4.69, 9.17) is 0 Å². The maximum atomic E-state index is 12.6. The zero-order valence-corrected chi connectivity index (χ0v) is 15.3. The zero-order chi connectivity index (χ0) is 21.4. The Bertz CT molecular complexity index is 880. The summed E-state index contributed by atoms with van der Waals surface area (Å²) in [5.74, 6) is 0. The molecule has 0 unspecified atom stereocenters. The molecule has 0 saturated carbocycles. The molecule has 0 aliphatic rings. The Kier molecular flexibility index (Phi) is 5.75. The third-order valence-electron chi connectivity index (χ3n) is 4.29. The van der Waals surface area contributed by atoms with Crippen molar-refractivity contribution >= 4 is 11.3 Å². The van der Waals surface area contributed by atoms with Crippen LogP contribution in [0.3, 0.4) is 0 Å². The number of benzene rings is 2. The number of aliphatic hydroxyl groups excluding tert-OH is 2. The first-order valence-electron chi connectivity index (χ1n) is 8.27. The van der Waals surface area contributed by atoms with Crippen LogP contribution in [0, 0.1) is 0 Å². The van der Waals surface area contributed by atoms with E-state index >= 15 is 0 Å². The minimum atomic E-state index is -4.48. The first-order valence-corrected chi connectivity index (χ1v) is 9.08. The highest BCUT2D eigenvalue weighted by Crippen LogP contribution is 2.36. The van der Waals surface area contributed by atoms with Crippen LogP contribution in [0.15, 0.2) is 60.7 Å². The molecule has 0 amide bonds. The number of halogens is 6. The highest BCUT2D eigenvalue weighted by atomic mass is 32.1. The molecule has 2 nitrogen and oxygen atoms in total. The van der Waals surface area contributed by atoms with Gasteiger partial charge in [0, 0.05) is 9.75 Å². The highest BCUT2D eigenvalue weighted by Gasteiger charge is 2.31. The molecule has 3 aromatic rings. The van der Waals surface area contributed by atoms with Gasteiger partial charge >= 0.3 is 12.4 Å². The van der Waals surface area contributed by atoms with E-state index in [1.54, 1.807) is 0 Å². The van der Waals surface area contributed by atoms with Crippen LogP contribution in [0.25, 0.3) is 0 Å². The van der Waals surface area contributed by atoms with Crippen LogP contribution in [0.2, 0.25) is 0 Å². The first kappa shape index (κ1) is 21.4. The van der Waals surface area contributed by atoms with E-state index in [2.05, 4.69) is 0 Å². The standard InChI is InChI=1S/C20H14F6O2S/c21-19(22,23)13-5-1-11(2-6-13)17(27)15-9-10-16(29-15)18(28)12-3-7-14(8-4-12)20(24,25)26/h1-10,17-18,27-28H/t17-,18+. The summed E-state index contributed by atoms with van der Waals surface area (Å²) in [5, 5.41) is 20.8. The van der Waals surface area contributed by atoms with Crippen molar-refractivity contribution in [1.29, 1.82) is 0 Å². The van der Waals surface area contributed by atoms with Crippen molar-refractivity contribution < 1.29 is 36.6 Å². The van der Waals surface area contributed by atoms with Gasteiger partial charge in [0.1, 0.15) is 12.2 Å². The van der Waals surface area contributed by atoms with Crippen LogP contribution < -0.4 is 0 Å². The lowest BCUT2D eigenvalue weighted by molar-refractivity contribution is -0.138. The Balaban J connectivity index is 1.77. The molecule has 0 aliphatic heterocycles. The van der Waals surface area contributed by atoms with Crippen molar-refractivity contribution in [2.75, 3.05) is 0 Å². The molecule has 2 N–H and O–H groups in total. The summed E-state index contributed by atoms with van der Waals surface area (Å²) in [4.78, 5) is 0.761. The molecule has 2 aromatic carbocycles. The predicted molar refractivity (Wildman–Crippen MR) is 95.3 cm³/mol. The number of aliphatic hydroxyl groups is 2. The van der Waals surface area contributed by atoms with Gasteiger partial charge in [-0.15, -0.1) is 11.3 Å². The van der Waals surface area contributed by atoms with Crippen molar-refractivity contribution in [2.45, 2.75) is 24.6 Å². The Morgan fingerprint density at radius 3 is 1.14 bits per heavy atom. The van der Waals surface area contributed by atoms with Crippen molar-refractivity contribution in [2.24, 2.45) is 0 Å². The summed E-state index contributed by atoms with van der Waals surface area (Å²) < 4.78 is 75.8. The predicted octanol–water partition coefficient (Wildman–Crippen LogP) is 5.95. The minimum Gasteiger partial charge on any atom is -0.383 e. The summed E-state index contributed by atoms with van der Waals surface area (Å²) in [6, 6.07) is 11.1. The minimum absolute atomic E-state index is 0.246. The molecule has 29 heavy (non-hydrogen) atoms. The van der Waals surface area contributed by atoms with Crippen LogP contribution in [-0.4, -0.2) is 10.2 Å². The number of hydrogen-bond donors (Lipinski definition) is 2. The Hall–Kier alpha value is -2.36. The fourth-order valence-corrected chi connectivity index (χ4v) is 3.74. The average Bonchev–Trinajstić information content (AvgIpc) is 3.16. The molecule has 1 aromatic heterocycles. The Labute approximate surface area is 165 Å².